The summed E-state index contributed by atoms with van der Waals surface area (Å²) < 4.78 is 6.59. The van der Waals surface area contributed by atoms with E-state index in [1.165, 1.54) is 24.8 Å². The van der Waals surface area contributed by atoms with E-state index in [0.29, 0.717) is 0 Å². The number of hydrogen-bond donors (Lipinski definition) is 1. The number of hydrogen-bond acceptors (Lipinski definition) is 3. The van der Waals surface area contributed by atoms with Crippen LogP contribution in [0.25, 0.3) is 0 Å². The number of nitrogens with one attached hydrogen (secondary N) is 1. The topological polar surface area (TPSA) is 41.6 Å². The van der Waals surface area contributed by atoms with E-state index in [9.17, 15) is 4.79 Å². The van der Waals surface area contributed by atoms with Crippen LogP contribution >= 0.6 is 15.9 Å². The second kappa shape index (κ2) is 13.2. The summed E-state index contributed by atoms with van der Waals surface area (Å²) in [6, 6.07) is 6.20. The van der Waals surface area contributed by atoms with Crippen LogP contribution < -0.4 is 10.1 Å². The molecule has 0 aromatic heterocycles. The van der Waals surface area contributed by atoms with Gasteiger partial charge in [0, 0.05) is 23.5 Å². The van der Waals surface area contributed by atoms with E-state index in [1.54, 1.807) is 7.11 Å². The maximum absolute atomic E-state index is 12.2. The molecule has 1 aliphatic rings. The lowest BCUT2D eigenvalue weighted by atomic mass is 9.89. The normalized spacial score (nSPS) is 15.0. The summed E-state index contributed by atoms with van der Waals surface area (Å²) in [5, 5.41) is 3.16. The predicted molar refractivity (Wildman–Crippen MR) is 120 cm³/mol. The van der Waals surface area contributed by atoms with Gasteiger partial charge in [-0.2, -0.15) is 0 Å². The van der Waals surface area contributed by atoms with E-state index in [-0.39, 0.29) is 11.8 Å². The van der Waals surface area contributed by atoms with Gasteiger partial charge in [-0.25, -0.2) is 0 Å². The van der Waals surface area contributed by atoms with E-state index in [1.807, 2.05) is 12.1 Å². The fraction of sp³-hybridized carbons (Fsp3) is 0.696. The number of ether oxygens (including phenoxy) is 1. The molecule has 5 heteroatoms. The van der Waals surface area contributed by atoms with Crippen molar-refractivity contribution in [3.63, 3.8) is 0 Å². The van der Waals surface area contributed by atoms with Gasteiger partial charge in [0.2, 0.25) is 5.91 Å². The van der Waals surface area contributed by atoms with E-state index < -0.39 is 0 Å². The largest absolute Gasteiger partial charge is 0.496 e. The number of methoxy groups -OCH3 is 1. The summed E-state index contributed by atoms with van der Waals surface area (Å²) in [4.78, 5) is 14.7. The molecule has 1 N–H and O–H groups in total. The van der Waals surface area contributed by atoms with Crippen molar-refractivity contribution in [2.45, 2.75) is 64.7 Å². The molecule has 0 bridgehead atoms. The zero-order chi connectivity index (χ0) is 20.2. The minimum Gasteiger partial charge on any atom is -0.496 e. The molecule has 0 atom stereocenters. The van der Waals surface area contributed by atoms with E-state index in [0.717, 1.165) is 74.9 Å². The van der Waals surface area contributed by atoms with Gasteiger partial charge in [-0.1, -0.05) is 42.1 Å². The third-order valence-corrected chi connectivity index (χ3v) is 6.15. The van der Waals surface area contributed by atoms with Gasteiger partial charge in [0.05, 0.1) is 7.11 Å². The number of amides is 1. The smallest absolute Gasteiger partial charge is 0.223 e. The summed E-state index contributed by atoms with van der Waals surface area (Å²) in [5.74, 6) is 1.52. The Bertz CT molecular complexity index is 588. The number of halogens is 1. The highest BCUT2D eigenvalue weighted by Gasteiger charge is 2.20. The molecule has 1 saturated carbocycles. The molecule has 1 aromatic rings. The zero-order valence-corrected chi connectivity index (χ0v) is 19.2. The Morgan fingerprint density at radius 3 is 2.68 bits per heavy atom. The van der Waals surface area contributed by atoms with Gasteiger partial charge in [-0.05, 0) is 75.4 Å². The Balaban J connectivity index is 1.68. The highest BCUT2D eigenvalue weighted by molar-refractivity contribution is 9.10. The van der Waals surface area contributed by atoms with Crippen LogP contribution in [0.5, 0.6) is 5.75 Å². The predicted octanol–water partition coefficient (Wildman–Crippen LogP) is 5.19. The van der Waals surface area contributed by atoms with Crippen LogP contribution in [0.4, 0.5) is 0 Å². The number of carbonyl (C=O) groups excluding carboxylic acids is 1. The minimum atomic E-state index is 0.269. The van der Waals surface area contributed by atoms with Crippen molar-refractivity contribution in [1.29, 1.82) is 0 Å². The second-order valence-electron chi connectivity index (χ2n) is 7.88. The fourth-order valence-electron chi connectivity index (χ4n) is 4.05. The lowest BCUT2D eigenvalue weighted by molar-refractivity contribution is -0.125. The zero-order valence-electron chi connectivity index (χ0n) is 17.6. The molecule has 1 aliphatic carbocycles. The first-order valence-electron chi connectivity index (χ1n) is 11.0. The molecule has 0 unspecified atom stereocenters. The molecule has 0 aliphatic heterocycles. The number of nitrogens with zero attached hydrogens (tertiary/aromatic N) is 1. The number of carbonyl (C=O) groups is 1. The quantitative estimate of drug-likeness (QED) is 0.443. The van der Waals surface area contributed by atoms with E-state index in [2.05, 4.69) is 39.1 Å². The van der Waals surface area contributed by atoms with E-state index >= 15 is 0 Å². The average molecular weight is 453 g/mol. The van der Waals surface area contributed by atoms with Crippen molar-refractivity contribution in [1.82, 2.24) is 10.2 Å². The fourth-order valence-corrected chi connectivity index (χ4v) is 4.46. The van der Waals surface area contributed by atoms with Crippen molar-refractivity contribution >= 4 is 21.8 Å². The summed E-state index contributed by atoms with van der Waals surface area (Å²) in [7, 11) is 1.73. The van der Waals surface area contributed by atoms with Gasteiger partial charge in [0.1, 0.15) is 5.75 Å². The van der Waals surface area contributed by atoms with Gasteiger partial charge >= 0.3 is 0 Å². The van der Waals surface area contributed by atoms with Crippen LogP contribution in [0, 0.1) is 5.92 Å². The third kappa shape index (κ3) is 8.12. The molecule has 0 saturated heterocycles. The Morgan fingerprint density at radius 2 is 1.96 bits per heavy atom. The van der Waals surface area contributed by atoms with Crippen LogP contribution in [-0.4, -0.2) is 44.1 Å². The molecular weight excluding hydrogens is 416 g/mol. The molecule has 0 radical (unpaired) electrons. The molecule has 1 aromatic carbocycles. The van der Waals surface area contributed by atoms with Crippen molar-refractivity contribution in [2.75, 3.05) is 33.3 Å². The van der Waals surface area contributed by atoms with Crippen LogP contribution in [0.3, 0.4) is 0 Å². The molecule has 0 spiro atoms. The van der Waals surface area contributed by atoms with Gasteiger partial charge in [-0.3, -0.25) is 4.79 Å². The molecule has 158 valence electrons. The Hall–Kier alpha value is -1.07. The molecule has 1 amide bonds. The maximum Gasteiger partial charge on any atom is 0.223 e. The molecule has 2 rings (SSSR count). The van der Waals surface area contributed by atoms with Crippen LogP contribution in [0.1, 0.15) is 63.9 Å². The SMILES string of the molecule is CCCN(CCCCNC(=O)C1CCCCC1)CCc1cc(Br)ccc1OC. The third-order valence-electron chi connectivity index (χ3n) is 5.66. The van der Waals surface area contributed by atoms with Crippen LogP contribution in [0.2, 0.25) is 0 Å². The summed E-state index contributed by atoms with van der Waals surface area (Å²) in [6.45, 7) is 6.29. The number of benzene rings is 1. The molecular formula is C23H37BrN2O2. The highest BCUT2D eigenvalue weighted by atomic mass is 79.9. The van der Waals surface area contributed by atoms with Gasteiger partial charge in [0.25, 0.3) is 0 Å². The van der Waals surface area contributed by atoms with Gasteiger partial charge in [0.15, 0.2) is 0 Å². The Labute approximate surface area is 179 Å². The number of unbranched alkanes of at least 4 members (excludes halogenated alkanes) is 1. The first kappa shape index (κ1) is 23.2. The maximum atomic E-state index is 12.2. The van der Waals surface area contributed by atoms with Crippen LogP contribution in [0.15, 0.2) is 22.7 Å². The summed E-state index contributed by atoms with van der Waals surface area (Å²) >= 11 is 3.56. The van der Waals surface area contributed by atoms with Crippen molar-refractivity contribution in [3.8, 4) is 5.75 Å². The van der Waals surface area contributed by atoms with Crippen molar-refractivity contribution in [3.05, 3.63) is 28.2 Å². The lowest BCUT2D eigenvalue weighted by Crippen LogP contribution is -2.33. The summed E-state index contributed by atoms with van der Waals surface area (Å²) in [6.07, 6.45) is 10.2. The number of rotatable bonds is 12. The lowest BCUT2D eigenvalue weighted by Gasteiger charge is -2.23. The first-order valence-corrected chi connectivity index (χ1v) is 11.8. The molecule has 0 heterocycles. The first-order chi connectivity index (χ1) is 13.6. The summed E-state index contributed by atoms with van der Waals surface area (Å²) in [5.41, 5.74) is 1.25. The second-order valence-corrected chi connectivity index (χ2v) is 8.80. The molecule has 4 nitrogen and oxygen atoms in total. The minimum absolute atomic E-state index is 0.269. The molecule has 1 fully saturated rings. The van der Waals surface area contributed by atoms with Crippen LogP contribution in [-0.2, 0) is 11.2 Å². The Kier molecular flexibility index (Phi) is 10.9. The molecule has 28 heavy (non-hydrogen) atoms. The van der Waals surface area contributed by atoms with Crippen molar-refractivity contribution < 1.29 is 9.53 Å². The van der Waals surface area contributed by atoms with E-state index in [4.69, 9.17) is 4.74 Å². The van der Waals surface area contributed by atoms with Crippen molar-refractivity contribution in [2.24, 2.45) is 5.92 Å². The van der Waals surface area contributed by atoms with Gasteiger partial charge in [-0.15, -0.1) is 0 Å². The average Bonchev–Trinajstić information content (AvgIpc) is 2.72. The Morgan fingerprint density at radius 1 is 1.18 bits per heavy atom. The van der Waals surface area contributed by atoms with Gasteiger partial charge < -0.3 is 15.0 Å². The standard InChI is InChI=1S/C23H37BrN2O2/c1-3-15-26(17-13-20-18-21(24)11-12-22(20)28-2)16-8-7-14-25-23(27)19-9-5-4-6-10-19/h11-12,18-19H,3-10,13-17H2,1-2H3,(H,25,27). The monoisotopic (exact) mass is 452 g/mol. The highest BCUT2D eigenvalue weighted by Crippen LogP contribution is 2.24.